The lowest BCUT2D eigenvalue weighted by Gasteiger charge is -2.16. The fourth-order valence-electron chi connectivity index (χ4n) is 2.83. The summed E-state index contributed by atoms with van der Waals surface area (Å²) < 4.78 is 31.0. The molecule has 0 radical (unpaired) electrons. The molecule has 1 heterocycles. The summed E-state index contributed by atoms with van der Waals surface area (Å²) in [6, 6.07) is 10.4. The van der Waals surface area contributed by atoms with Gasteiger partial charge in [0, 0.05) is 16.6 Å². The number of carbonyl (C=O) groups excluding carboxylic acids is 1. The lowest BCUT2D eigenvalue weighted by Crippen LogP contribution is -2.27. The van der Waals surface area contributed by atoms with Crippen LogP contribution in [0.15, 0.2) is 40.9 Å². The number of rotatable bonds is 4. The van der Waals surface area contributed by atoms with Crippen LogP contribution in [0.4, 0.5) is 11.4 Å². The Kier molecular flexibility index (Phi) is 4.75. The lowest BCUT2D eigenvalue weighted by molar-refractivity contribution is 0.102. The van der Waals surface area contributed by atoms with E-state index in [-0.39, 0.29) is 5.91 Å². The van der Waals surface area contributed by atoms with Crippen LogP contribution in [0.1, 0.15) is 15.9 Å². The minimum Gasteiger partial charge on any atom is -0.495 e. The molecule has 0 aliphatic carbocycles. The molecule has 0 saturated heterocycles. The van der Waals surface area contributed by atoms with Crippen molar-refractivity contribution in [3.05, 3.63) is 52.0 Å². The van der Waals surface area contributed by atoms with Gasteiger partial charge in [0.1, 0.15) is 5.75 Å². The summed E-state index contributed by atoms with van der Waals surface area (Å²) >= 11 is 3.37. The maximum absolute atomic E-state index is 12.6. The maximum atomic E-state index is 12.6. The second-order valence-electron chi connectivity index (χ2n) is 5.73. The molecular weight excluding hydrogens is 408 g/mol. The molecular formula is C17H17BrN2O4S. The Balaban J connectivity index is 1.87. The second kappa shape index (κ2) is 6.68. The van der Waals surface area contributed by atoms with Gasteiger partial charge >= 0.3 is 0 Å². The predicted octanol–water partition coefficient (Wildman–Crippen LogP) is 3.03. The largest absolute Gasteiger partial charge is 0.495 e. The summed E-state index contributed by atoms with van der Waals surface area (Å²) in [4.78, 5) is 12.6. The highest BCUT2D eigenvalue weighted by Crippen LogP contribution is 2.32. The smallest absolute Gasteiger partial charge is 0.255 e. The van der Waals surface area contributed by atoms with Crippen molar-refractivity contribution in [2.45, 2.75) is 6.42 Å². The molecule has 0 aromatic heterocycles. The molecule has 132 valence electrons. The topological polar surface area (TPSA) is 75.7 Å². The van der Waals surface area contributed by atoms with Crippen LogP contribution in [0.3, 0.4) is 0 Å². The van der Waals surface area contributed by atoms with Crippen LogP contribution in [0.5, 0.6) is 5.75 Å². The standard InChI is InChI=1S/C17H17BrN2O4S/c1-24-16-6-4-13(18)10-14(16)19-17(21)12-3-5-15-11(9-12)7-8-20(15)25(2,22)23/h3-6,9-10H,7-8H2,1-2H3,(H,19,21). The number of nitrogens with zero attached hydrogens (tertiary/aromatic N) is 1. The molecule has 0 unspecified atom stereocenters. The Morgan fingerprint density at radius 3 is 2.68 bits per heavy atom. The predicted molar refractivity (Wildman–Crippen MR) is 101 cm³/mol. The molecule has 1 aliphatic heterocycles. The summed E-state index contributed by atoms with van der Waals surface area (Å²) in [5.41, 5.74) is 2.51. The third-order valence-corrected chi connectivity index (χ3v) is 5.68. The normalized spacial score (nSPS) is 13.5. The van der Waals surface area contributed by atoms with Crippen molar-refractivity contribution >= 4 is 43.2 Å². The van der Waals surface area contributed by atoms with Gasteiger partial charge in [0.05, 0.1) is 24.7 Å². The first kappa shape index (κ1) is 17.8. The average molecular weight is 425 g/mol. The van der Waals surface area contributed by atoms with Gasteiger partial charge in [-0.25, -0.2) is 8.42 Å². The molecule has 6 nitrogen and oxygen atoms in total. The monoisotopic (exact) mass is 424 g/mol. The number of nitrogens with one attached hydrogen (secondary N) is 1. The number of hydrogen-bond donors (Lipinski definition) is 1. The first-order valence-electron chi connectivity index (χ1n) is 7.55. The number of sulfonamides is 1. The highest BCUT2D eigenvalue weighted by molar-refractivity contribution is 9.10. The summed E-state index contributed by atoms with van der Waals surface area (Å²) in [5.74, 6) is 0.276. The van der Waals surface area contributed by atoms with Crippen molar-refractivity contribution in [3.63, 3.8) is 0 Å². The van der Waals surface area contributed by atoms with Gasteiger partial charge in [0.15, 0.2) is 0 Å². The second-order valence-corrected chi connectivity index (χ2v) is 8.55. The third kappa shape index (κ3) is 3.64. The van der Waals surface area contributed by atoms with E-state index in [1.165, 1.54) is 17.7 Å². The fraction of sp³-hybridized carbons (Fsp3) is 0.235. The zero-order valence-corrected chi connectivity index (χ0v) is 16.1. The Morgan fingerprint density at radius 1 is 1.24 bits per heavy atom. The lowest BCUT2D eigenvalue weighted by atomic mass is 10.1. The first-order valence-corrected chi connectivity index (χ1v) is 10.2. The Bertz CT molecular complexity index is 944. The highest BCUT2D eigenvalue weighted by atomic mass is 79.9. The van der Waals surface area contributed by atoms with Crippen molar-refractivity contribution in [2.24, 2.45) is 0 Å². The SMILES string of the molecule is COc1ccc(Br)cc1NC(=O)c1ccc2c(c1)CCN2S(C)(=O)=O. The molecule has 0 atom stereocenters. The molecule has 1 N–H and O–H groups in total. The van der Waals surface area contributed by atoms with Crippen molar-refractivity contribution in [2.75, 3.05) is 29.5 Å². The maximum Gasteiger partial charge on any atom is 0.255 e. The summed E-state index contributed by atoms with van der Waals surface area (Å²) in [6.07, 6.45) is 1.77. The van der Waals surface area contributed by atoms with E-state index in [4.69, 9.17) is 4.74 Å². The van der Waals surface area contributed by atoms with Gasteiger partial charge in [-0.3, -0.25) is 9.10 Å². The number of carbonyl (C=O) groups is 1. The van der Waals surface area contributed by atoms with Gasteiger partial charge in [-0.05, 0) is 48.4 Å². The molecule has 2 aromatic carbocycles. The van der Waals surface area contributed by atoms with Crippen molar-refractivity contribution < 1.29 is 17.9 Å². The average Bonchev–Trinajstić information content (AvgIpc) is 2.98. The summed E-state index contributed by atoms with van der Waals surface area (Å²) in [6.45, 7) is 0.401. The van der Waals surface area contributed by atoms with E-state index in [0.717, 1.165) is 10.0 Å². The van der Waals surface area contributed by atoms with Crippen molar-refractivity contribution in [1.82, 2.24) is 0 Å². The Hall–Kier alpha value is -2.06. The van der Waals surface area contributed by atoms with Crippen LogP contribution in [0.25, 0.3) is 0 Å². The van der Waals surface area contributed by atoms with E-state index in [2.05, 4.69) is 21.2 Å². The van der Waals surface area contributed by atoms with Crippen LogP contribution < -0.4 is 14.4 Å². The van der Waals surface area contributed by atoms with Crippen molar-refractivity contribution in [3.8, 4) is 5.75 Å². The number of ether oxygens (including phenoxy) is 1. The molecule has 0 bridgehead atoms. The molecule has 1 aliphatic rings. The minimum atomic E-state index is -3.30. The number of amides is 1. The van der Waals surface area contributed by atoms with Gasteiger partial charge in [0.2, 0.25) is 10.0 Å². The molecule has 0 fully saturated rings. The van der Waals surface area contributed by atoms with E-state index in [1.54, 1.807) is 30.3 Å². The van der Waals surface area contributed by atoms with Gasteiger partial charge in [-0.2, -0.15) is 0 Å². The quantitative estimate of drug-likeness (QED) is 0.817. The van der Waals surface area contributed by atoms with Crippen molar-refractivity contribution in [1.29, 1.82) is 0 Å². The minimum absolute atomic E-state index is 0.281. The van der Waals surface area contributed by atoms with Crippen LogP contribution in [0.2, 0.25) is 0 Å². The number of fused-ring (bicyclic) bond motifs is 1. The molecule has 0 saturated carbocycles. The number of hydrogen-bond acceptors (Lipinski definition) is 4. The van der Waals surface area contributed by atoms with Gasteiger partial charge in [-0.1, -0.05) is 15.9 Å². The van der Waals surface area contributed by atoms with Crippen LogP contribution in [0, 0.1) is 0 Å². The van der Waals surface area contributed by atoms with Crippen LogP contribution in [-0.4, -0.2) is 34.2 Å². The molecule has 2 aromatic rings. The number of methoxy groups -OCH3 is 1. The number of halogens is 1. The van der Waals surface area contributed by atoms with E-state index in [1.807, 2.05) is 6.07 Å². The Morgan fingerprint density at radius 2 is 2.00 bits per heavy atom. The number of benzene rings is 2. The first-order chi connectivity index (χ1) is 11.8. The Labute approximate surface area is 155 Å². The molecule has 8 heteroatoms. The highest BCUT2D eigenvalue weighted by Gasteiger charge is 2.26. The summed E-state index contributed by atoms with van der Waals surface area (Å²) in [5, 5.41) is 2.83. The molecule has 25 heavy (non-hydrogen) atoms. The third-order valence-electron chi connectivity index (χ3n) is 4.00. The van der Waals surface area contributed by atoms with Gasteiger partial charge in [-0.15, -0.1) is 0 Å². The van der Waals surface area contributed by atoms with Gasteiger partial charge < -0.3 is 10.1 Å². The van der Waals surface area contributed by atoms with E-state index < -0.39 is 10.0 Å². The molecule has 3 rings (SSSR count). The van der Waals surface area contributed by atoms with E-state index in [9.17, 15) is 13.2 Å². The van der Waals surface area contributed by atoms with E-state index in [0.29, 0.717) is 35.7 Å². The summed E-state index contributed by atoms with van der Waals surface area (Å²) in [7, 11) is -1.76. The van der Waals surface area contributed by atoms with E-state index >= 15 is 0 Å². The fourth-order valence-corrected chi connectivity index (χ4v) is 4.15. The molecule has 0 spiro atoms. The molecule has 1 amide bonds. The van der Waals surface area contributed by atoms with Crippen LogP contribution >= 0.6 is 15.9 Å². The zero-order valence-electron chi connectivity index (χ0n) is 13.7. The van der Waals surface area contributed by atoms with Gasteiger partial charge in [0.25, 0.3) is 5.91 Å². The number of anilines is 2. The zero-order chi connectivity index (χ0) is 18.2. The van der Waals surface area contributed by atoms with Crippen LogP contribution in [-0.2, 0) is 16.4 Å².